The van der Waals surface area contributed by atoms with Gasteiger partial charge in [-0.1, -0.05) is 24.3 Å². The minimum absolute atomic E-state index is 0.545. The molecule has 102 valence electrons. The zero-order chi connectivity index (χ0) is 13.5. The van der Waals surface area contributed by atoms with Crippen LogP contribution in [-0.2, 0) is 17.6 Å². The van der Waals surface area contributed by atoms with Crippen LogP contribution in [0.4, 0.5) is 0 Å². The van der Waals surface area contributed by atoms with E-state index in [2.05, 4.69) is 40.1 Å². The molecule has 4 nitrogen and oxygen atoms in total. The Balaban J connectivity index is 1.83. The first kappa shape index (κ1) is 14.0. The molecule has 0 fully saturated rings. The van der Waals surface area contributed by atoms with Crippen molar-refractivity contribution in [2.45, 2.75) is 19.3 Å². The molecule has 19 heavy (non-hydrogen) atoms. The van der Waals surface area contributed by atoms with E-state index in [9.17, 15) is 0 Å². The number of nitrogens with zero attached hydrogens (tertiary/aromatic N) is 1. The molecule has 1 aliphatic rings. The Morgan fingerprint density at radius 2 is 2.11 bits per heavy atom. The molecule has 0 spiro atoms. The molecule has 0 atom stereocenters. The maximum atomic E-state index is 5.13. The number of rotatable bonds is 4. The summed E-state index contributed by atoms with van der Waals surface area (Å²) in [5.74, 6) is 0. The molecule has 0 amide bonds. The van der Waals surface area contributed by atoms with Crippen LogP contribution < -0.4 is 10.7 Å². The lowest BCUT2D eigenvalue weighted by Crippen LogP contribution is -2.35. The molecule has 0 bridgehead atoms. The van der Waals surface area contributed by atoms with Gasteiger partial charge in [-0.2, -0.15) is 5.10 Å². The molecule has 0 heterocycles. The minimum Gasteiger partial charge on any atom is -0.383 e. The standard InChI is InChI=1S/C14H19N3OS/c1-18-9-8-15-14(19)17-16-13-7-6-11-4-2-3-5-12(11)10-13/h2-5H,6-10H2,1H3,(H2,15,17,19)/b16-13-. The third kappa shape index (κ3) is 4.29. The number of ether oxygens (including phenoxy) is 1. The van der Waals surface area contributed by atoms with Crippen LogP contribution in [-0.4, -0.2) is 31.1 Å². The molecule has 1 aromatic rings. The first-order chi connectivity index (χ1) is 9.29. The number of nitrogens with one attached hydrogen (secondary N) is 2. The van der Waals surface area contributed by atoms with Gasteiger partial charge in [-0.3, -0.25) is 5.43 Å². The molecule has 0 aromatic heterocycles. The Bertz CT molecular complexity index is 474. The molecule has 0 saturated carbocycles. The Morgan fingerprint density at radius 1 is 1.32 bits per heavy atom. The van der Waals surface area contributed by atoms with Gasteiger partial charge >= 0.3 is 0 Å². The highest BCUT2D eigenvalue weighted by Crippen LogP contribution is 2.18. The van der Waals surface area contributed by atoms with Gasteiger partial charge in [0.25, 0.3) is 0 Å². The zero-order valence-corrected chi connectivity index (χ0v) is 11.9. The van der Waals surface area contributed by atoms with Crippen molar-refractivity contribution in [2.24, 2.45) is 5.10 Å². The third-order valence-corrected chi connectivity index (χ3v) is 3.34. The smallest absolute Gasteiger partial charge is 0.187 e. The van der Waals surface area contributed by atoms with Gasteiger partial charge < -0.3 is 10.1 Å². The van der Waals surface area contributed by atoms with E-state index in [0.717, 1.165) is 25.0 Å². The summed E-state index contributed by atoms with van der Waals surface area (Å²) in [5.41, 5.74) is 6.84. The molecular formula is C14H19N3OS. The third-order valence-electron chi connectivity index (χ3n) is 3.10. The average Bonchev–Trinajstić information content (AvgIpc) is 2.45. The van der Waals surface area contributed by atoms with Gasteiger partial charge in [-0.05, 0) is 36.2 Å². The second-order valence-electron chi connectivity index (χ2n) is 4.48. The number of fused-ring (bicyclic) bond motifs is 1. The van der Waals surface area contributed by atoms with E-state index in [1.807, 2.05) is 0 Å². The monoisotopic (exact) mass is 277 g/mol. The summed E-state index contributed by atoms with van der Waals surface area (Å²) in [7, 11) is 1.66. The summed E-state index contributed by atoms with van der Waals surface area (Å²) >= 11 is 5.13. The van der Waals surface area contributed by atoms with Gasteiger partial charge in [-0.15, -0.1) is 0 Å². The van der Waals surface area contributed by atoms with Gasteiger partial charge in [0.15, 0.2) is 5.11 Å². The summed E-state index contributed by atoms with van der Waals surface area (Å²) < 4.78 is 4.94. The summed E-state index contributed by atoms with van der Waals surface area (Å²) in [6.45, 7) is 1.32. The van der Waals surface area contributed by atoms with Crippen LogP contribution in [0.3, 0.4) is 0 Å². The number of hydrogen-bond donors (Lipinski definition) is 2. The van der Waals surface area contributed by atoms with Crippen LogP contribution in [0.15, 0.2) is 29.4 Å². The second kappa shape index (κ2) is 7.21. The van der Waals surface area contributed by atoms with Gasteiger partial charge in [0, 0.05) is 25.8 Å². The highest BCUT2D eigenvalue weighted by atomic mass is 32.1. The van der Waals surface area contributed by atoms with E-state index in [1.165, 1.54) is 11.1 Å². The summed E-state index contributed by atoms with van der Waals surface area (Å²) in [5, 5.41) is 7.96. The first-order valence-electron chi connectivity index (χ1n) is 6.44. The number of hydrazone groups is 1. The quantitative estimate of drug-likeness (QED) is 0.499. The van der Waals surface area contributed by atoms with Gasteiger partial charge in [0.05, 0.1) is 6.61 Å². The number of methoxy groups -OCH3 is 1. The van der Waals surface area contributed by atoms with E-state index >= 15 is 0 Å². The maximum Gasteiger partial charge on any atom is 0.187 e. The largest absolute Gasteiger partial charge is 0.383 e. The van der Waals surface area contributed by atoms with Crippen LogP contribution >= 0.6 is 12.2 Å². The zero-order valence-electron chi connectivity index (χ0n) is 11.1. The van der Waals surface area contributed by atoms with Gasteiger partial charge in [0.1, 0.15) is 0 Å². The van der Waals surface area contributed by atoms with E-state index in [0.29, 0.717) is 18.3 Å². The fourth-order valence-electron chi connectivity index (χ4n) is 2.09. The lowest BCUT2D eigenvalue weighted by Gasteiger charge is -2.17. The predicted molar refractivity (Wildman–Crippen MR) is 81.5 cm³/mol. The highest BCUT2D eigenvalue weighted by Gasteiger charge is 2.13. The normalized spacial score (nSPS) is 15.9. The van der Waals surface area contributed by atoms with Crippen LogP contribution in [0.25, 0.3) is 0 Å². The van der Waals surface area contributed by atoms with Crippen molar-refractivity contribution in [3.63, 3.8) is 0 Å². The molecule has 5 heteroatoms. The van der Waals surface area contributed by atoms with E-state index in [1.54, 1.807) is 7.11 Å². The Kier molecular flexibility index (Phi) is 5.30. The number of hydrogen-bond acceptors (Lipinski definition) is 3. The number of benzene rings is 1. The molecule has 0 unspecified atom stereocenters. The molecule has 1 aromatic carbocycles. The Labute approximate surface area is 119 Å². The van der Waals surface area contributed by atoms with Crippen molar-refractivity contribution < 1.29 is 4.74 Å². The molecular weight excluding hydrogens is 258 g/mol. The highest BCUT2D eigenvalue weighted by molar-refractivity contribution is 7.80. The van der Waals surface area contributed by atoms with Crippen molar-refractivity contribution in [1.82, 2.24) is 10.7 Å². The van der Waals surface area contributed by atoms with Crippen molar-refractivity contribution >= 4 is 23.0 Å². The van der Waals surface area contributed by atoms with E-state index in [4.69, 9.17) is 17.0 Å². The van der Waals surface area contributed by atoms with Gasteiger partial charge in [-0.25, -0.2) is 0 Å². The first-order valence-corrected chi connectivity index (χ1v) is 6.85. The maximum absolute atomic E-state index is 5.13. The Morgan fingerprint density at radius 3 is 2.89 bits per heavy atom. The van der Waals surface area contributed by atoms with Crippen LogP contribution in [0.1, 0.15) is 17.5 Å². The van der Waals surface area contributed by atoms with Crippen LogP contribution in [0.2, 0.25) is 0 Å². The van der Waals surface area contributed by atoms with Crippen LogP contribution in [0.5, 0.6) is 0 Å². The van der Waals surface area contributed by atoms with Gasteiger partial charge in [0.2, 0.25) is 0 Å². The molecule has 2 rings (SSSR count). The lowest BCUT2D eigenvalue weighted by atomic mass is 9.90. The van der Waals surface area contributed by atoms with E-state index in [-0.39, 0.29) is 0 Å². The molecule has 0 radical (unpaired) electrons. The number of aryl methyl sites for hydroxylation is 1. The molecule has 0 saturated heterocycles. The minimum atomic E-state index is 0.545. The number of thiocarbonyl (C=S) groups is 1. The van der Waals surface area contributed by atoms with E-state index < -0.39 is 0 Å². The van der Waals surface area contributed by atoms with Crippen molar-refractivity contribution in [2.75, 3.05) is 20.3 Å². The second-order valence-corrected chi connectivity index (χ2v) is 4.89. The summed E-state index contributed by atoms with van der Waals surface area (Å²) in [4.78, 5) is 0. The average molecular weight is 277 g/mol. The predicted octanol–water partition coefficient (Wildman–Crippen LogP) is 1.64. The summed E-state index contributed by atoms with van der Waals surface area (Å²) in [6, 6.07) is 8.52. The summed E-state index contributed by atoms with van der Waals surface area (Å²) in [6.07, 6.45) is 2.95. The molecule has 1 aliphatic carbocycles. The fraction of sp³-hybridized carbons (Fsp3) is 0.429. The van der Waals surface area contributed by atoms with Crippen molar-refractivity contribution in [3.05, 3.63) is 35.4 Å². The topological polar surface area (TPSA) is 45.6 Å². The lowest BCUT2D eigenvalue weighted by molar-refractivity contribution is 0.204. The SMILES string of the molecule is COCCNC(=S)N/N=C1/CCc2ccccc2C1. The van der Waals surface area contributed by atoms with Crippen LogP contribution in [0, 0.1) is 0 Å². The van der Waals surface area contributed by atoms with Crippen molar-refractivity contribution in [1.29, 1.82) is 0 Å². The Hall–Kier alpha value is -1.46. The fourth-order valence-corrected chi connectivity index (χ4v) is 2.24. The molecule has 2 N–H and O–H groups in total. The van der Waals surface area contributed by atoms with Crippen molar-refractivity contribution in [3.8, 4) is 0 Å². The molecule has 0 aliphatic heterocycles.